The van der Waals surface area contributed by atoms with E-state index in [0.29, 0.717) is 10.0 Å². The normalized spacial score (nSPS) is 12.6. The third kappa shape index (κ3) is 4.74. The van der Waals surface area contributed by atoms with E-state index >= 15 is 0 Å². The first-order valence-corrected chi connectivity index (χ1v) is 6.60. The van der Waals surface area contributed by atoms with Crippen molar-refractivity contribution in [3.8, 4) is 0 Å². The topological polar surface area (TPSA) is 32.3 Å². The highest BCUT2D eigenvalue weighted by Crippen LogP contribution is 2.17. The van der Waals surface area contributed by atoms with E-state index in [4.69, 9.17) is 0 Å². The van der Waals surface area contributed by atoms with Crippen molar-refractivity contribution in [3.05, 3.63) is 34.1 Å². The molecule has 1 unspecified atom stereocenters. The van der Waals surface area contributed by atoms with E-state index in [1.807, 2.05) is 21.0 Å². The fourth-order valence-electron chi connectivity index (χ4n) is 1.50. The Hall–Kier alpha value is -0.940. The molecule has 1 aromatic carbocycles. The predicted octanol–water partition coefficient (Wildman–Crippen LogP) is 2.66. The maximum absolute atomic E-state index is 13.1. The van der Waals surface area contributed by atoms with Crippen molar-refractivity contribution in [2.24, 2.45) is 0 Å². The van der Waals surface area contributed by atoms with Gasteiger partial charge in [-0.2, -0.15) is 0 Å². The lowest BCUT2D eigenvalue weighted by Gasteiger charge is -2.17. The Bertz CT molecular complexity index is 423. The van der Waals surface area contributed by atoms with E-state index in [9.17, 15) is 9.18 Å². The first kappa shape index (κ1) is 15.1. The Kier molecular flexibility index (Phi) is 5.75. The molecule has 1 rings (SSSR count). The zero-order valence-electron chi connectivity index (χ0n) is 10.8. The van der Waals surface area contributed by atoms with Gasteiger partial charge in [0, 0.05) is 10.5 Å². The molecule has 18 heavy (non-hydrogen) atoms. The highest BCUT2D eigenvalue weighted by molar-refractivity contribution is 9.10. The summed E-state index contributed by atoms with van der Waals surface area (Å²) in [6.07, 6.45) is 0.853. The van der Waals surface area contributed by atoms with E-state index in [0.717, 1.165) is 13.0 Å². The quantitative estimate of drug-likeness (QED) is 0.905. The lowest BCUT2D eigenvalue weighted by atomic mass is 10.1. The van der Waals surface area contributed by atoms with Gasteiger partial charge in [-0.25, -0.2) is 4.39 Å². The van der Waals surface area contributed by atoms with E-state index in [1.165, 1.54) is 18.2 Å². The molecular weight excluding hydrogens is 299 g/mol. The van der Waals surface area contributed by atoms with Crippen molar-refractivity contribution >= 4 is 21.8 Å². The molecule has 0 saturated heterocycles. The van der Waals surface area contributed by atoms with Crippen molar-refractivity contribution in [1.29, 1.82) is 0 Å². The Morgan fingerprint density at radius 2 is 2.17 bits per heavy atom. The molecule has 0 aliphatic rings. The highest BCUT2D eigenvalue weighted by atomic mass is 79.9. The van der Waals surface area contributed by atoms with Gasteiger partial charge in [-0.15, -0.1) is 0 Å². The molecule has 1 amide bonds. The van der Waals surface area contributed by atoms with Crippen molar-refractivity contribution < 1.29 is 9.18 Å². The molecule has 0 radical (unpaired) electrons. The van der Waals surface area contributed by atoms with E-state index in [1.54, 1.807) is 0 Å². The number of benzene rings is 1. The zero-order valence-corrected chi connectivity index (χ0v) is 12.4. The number of carbonyl (C=O) groups excluding carboxylic acids is 1. The molecule has 0 fully saturated rings. The molecule has 0 heterocycles. The summed E-state index contributed by atoms with van der Waals surface area (Å²) in [5.74, 6) is -0.670. The second-order valence-electron chi connectivity index (χ2n) is 4.59. The third-order valence-electron chi connectivity index (χ3n) is 2.56. The van der Waals surface area contributed by atoms with Crippen LogP contribution in [-0.2, 0) is 0 Å². The fraction of sp³-hybridized carbons (Fsp3) is 0.462. The van der Waals surface area contributed by atoms with Gasteiger partial charge in [-0.05, 0) is 68.1 Å². The minimum atomic E-state index is -0.413. The second-order valence-corrected chi connectivity index (χ2v) is 5.44. The number of amides is 1. The molecule has 0 saturated carbocycles. The third-order valence-corrected chi connectivity index (χ3v) is 3.25. The molecule has 100 valence electrons. The average molecular weight is 317 g/mol. The van der Waals surface area contributed by atoms with Crippen LogP contribution in [0.4, 0.5) is 4.39 Å². The molecule has 0 aliphatic carbocycles. The number of carbonyl (C=O) groups is 1. The molecule has 1 N–H and O–H groups in total. The molecule has 0 bridgehead atoms. The first-order chi connectivity index (χ1) is 8.40. The van der Waals surface area contributed by atoms with Crippen LogP contribution >= 0.6 is 15.9 Å². The largest absolute Gasteiger partial charge is 0.350 e. The SMILES string of the molecule is CC(CCN(C)C)NC(=O)c1cc(F)ccc1Br. The van der Waals surface area contributed by atoms with Crippen molar-refractivity contribution in [1.82, 2.24) is 10.2 Å². The number of nitrogens with one attached hydrogen (secondary N) is 1. The van der Waals surface area contributed by atoms with Crippen molar-refractivity contribution in [2.75, 3.05) is 20.6 Å². The summed E-state index contributed by atoms with van der Waals surface area (Å²) in [7, 11) is 3.97. The summed E-state index contributed by atoms with van der Waals surface area (Å²) >= 11 is 3.25. The number of halogens is 2. The lowest BCUT2D eigenvalue weighted by Crippen LogP contribution is -2.35. The Morgan fingerprint density at radius 3 is 2.78 bits per heavy atom. The minimum Gasteiger partial charge on any atom is -0.350 e. The molecule has 1 atom stereocenters. The Morgan fingerprint density at radius 1 is 1.50 bits per heavy atom. The lowest BCUT2D eigenvalue weighted by molar-refractivity contribution is 0.0935. The van der Waals surface area contributed by atoms with Crippen LogP contribution in [0.5, 0.6) is 0 Å². The van der Waals surface area contributed by atoms with E-state index in [2.05, 4.69) is 26.1 Å². The van der Waals surface area contributed by atoms with Gasteiger partial charge in [0.2, 0.25) is 0 Å². The van der Waals surface area contributed by atoms with Crippen molar-refractivity contribution in [2.45, 2.75) is 19.4 Å². The number of hydrogen-bond acceptors (Lipinski definition) is 2. The zero-order chi connectivity index (χ0) is 13.7. The van der Waals surface area contributed by atoms with Crippen LogP contribution in [0.2, 0.25) is 0 Å². The van der Waals surface area contributed by atoms with Gasteiger partial charge < -0.3 is 10.2 Å². The fourth-order valence-corrected chi connectivity index (χ4v) is 1.92. The van der Waals surface area contributed by atoms with Gasteiger partial charge in [-0.3, -0.25) is 4.79 Å². The summed E-state index contributed by atoms with van der Waals surface area (Å²) in [4.78, 5) is 14.0. The molecule has 1 aromatic rings. The number of rotatable bonds is 5. The number of nitrogens with zero attached hydrogens (tertiary/aromatic N) is 1. The Balaban J connectivity index is 2.62. The van der Waals surface area contributed by atoms with E-state index in [-0.39, 0.29) is 11.9 Å². The van der Waals surface area contributed by atoms with Crippen LogP contribution in [0.3, 0.4) is 0 Å². The van der Waals surface area contributed by atoms with E-state index < -0.39 is 5.82 Å². The van der Waals surface area contributed by atoms with Gasteiger partial charge in [-0.1, -0.05) is 0 Å². The van der Waals surface area contributed by atoms with Gasteiger partial charge in [0.1, 0.15) is 5.82 Å². The molecule has 5 heteroatoms. The molecular formula is C13H18BrFN2O. The summed E-state index contributed by atoms with van der Waals surface area (Å²) < 4.78 is 13.7. The van der Waals surface area contributed by atoms with Crippen LogP contribution in [0, 0.1) is 5.82 Å². The molecule has 3 nitrogen and oxygen atoms in total. The van der Waals surface area contributed by atoms with Crippen LogP contribution < -0.4 is 5.32 Å². The molecule has 0 spiro atoms. The standard InChI is InChI=1S/C13H18BrFN2O/c1-9(6-7-17(2)3)16-13(18)11-8-10(15)4-5-12(11)14/h4-5,8-9H,6-7H2,1-3H3,(H,16,18). The van der Waals surface area contributed by atoms with Crippen LogP contribution in [0.15, 0.2) is 22.7 Å². The van der Waals surface area contributed by atoms with Crippen LogP contribution in [0.25, 0.3) is 0 Å². The molecule has 0 aliphatic heterocycles. The van der Waals surface area contributed by atoms with Gasteiger partial charge >= 0.3 is 0 Å². The number of hydrogen-bond donors (Lipinski definition) is 1. The summed E-state index contributed by atoms with van der Waals surface area (Å²) in [6, 6.07) is 4.14. The first-order valence-electron chi connectivity index (χ1n) is 5.81. The highest BCUT2D eigenvalue weighted by Gasteiger charge is 2.13. The summed E-state index contributed by atoms with van der Waals surface area (Å²) in [6.45, 7) is 2.83. The van der Waals surface area contributed by atoms with Gasteiger partial charge in [0.15, 0.2) is 0 Å². The van der Waals surface area contributed by atoms with Crippen molar-refractivity contribution in [3.63, 3.8) is 0 Å². The van der Waals surface area contributed by atoms with Gasteiger partial charge in [0.05, 0.1) is 5.56 Å². The summed E-state index contributed by atoms with van der Waals surface area (Å²) in [5, 5.41) is 2.86. The second kappa shape index (κ2) is 6.85. The maximum atomic E-state index is 13.1. The molecule has 0 aromatic heterocycles. The maximum Gasteiger partial charge on any atom is 0.252 e. The smallest absolute Gasteiger partial charge is 0.252 e. The van der Waals surface area contributed by atoms with Crippen LogP contribution in [-0.4, -0.2) is 37.5 Å². The minimum absolute atomic E-state index is 0.0510. The average Bonchev–Trinajstić information content (AvgIpc) is 2.29. The van der Waals surface area contributed by atoms with Gasteiger partial charge in [0.25, 0.3) is 5.91 Å². The Labute approximate surface area is 115 Å². The predicted molar refractivity (Wildman–Crippen MR) is 74.2 cm³/mol. The monoisotopic (exact) mass is 316 g/mol. The van der Waals surface area contributed by atoms with Crippen LogP contribution in [0.1, 0.15) is 23.7 Å². The summed E-state index contributed by atoms with van der Waals surface area (Å²) in [5.41, 5.74) is 0.326.